The predicted molar refractivity (Wildman–Crippen MR) is 69.5 cm³/mol. The minimum Gasteiger partial charge on any atom is -0.395 e. The quantitative estimate of drug-likeness (QED) is 0.613. The lowest BCUT2D eigenvalue weighted by atomic mass is 9.93. The summed E-state index contributed by atoms with van der Waals surface area (Å²) in [6.45, 7) is 0.555. The fraction of sp³-hybridized carbons (Fsp3) is 0.667. The highest BCUT2D eigenvalue weighted by Gasteiger charge is 2.19. The molecular weight excluding hydrogens is 232 g/mol. The third-order valence-electron chi connectivity index (χ3n) is 3.10. The van der Waals surface area contributed by atoms with E-state index in [0.717, 1.165) is 25.7 Å². The molecule has 0 saturated heterocycles. The number of rotatable bonds is 5. The molecule has 1 aromatic heterocycles. The van der Waals surface area contributed by atoms with Crippen molar-refractivity contribution >= 4 is 11.8 Å². The van der Waals surface area contributed by atoms with Crippen molar-refractivity contribution in [2.45, 2.75) is 37.8 Å². The molecule has 0 spiro atoms. The van der Waals surface area contributed by atoms with Crippen LogP contribution in [0.2, 0.25) is 0 Å². The highest BCUT2D eigenvalue weighted by atomic mass is 16.3. The van der Waals surface area contributed by atoms with Crippen LogP contribution in [0.4, 0.5) is 11.8 Å². The van der Waals surface area contributed by atoms with Crippen molar-refractivity contribution in [2.75, 3.05) is 23.8 Å². The number of aromatic nitrogens is 2. The summed E-state index contributed by atoms with van der Waals surface area (Å²) in [5.74, 6) is 1.30. The van der Waals surface area contributed by atoms with Gasteiger partial charge in [0.05, 0.1) is 12.7 Å². The van der Waals surface area contributed by atoms with Crippen LogP contribution in [0.1, 0.15) is 25.7 Å². The van der Waals surface area contributed by atoms with E-state index in [1.165, 1.54) is 0 Å². The minimum atomic E-state index is -0.151. The maximum atomic E-state index is 9.44. The maximum absolute atomic E-state index is 9.44. The molecule has 1 heterocycles. The maximum Gasteiger partial charge on any atom is 0.224 e. The van der Waals surface area contributed by atoms with E-state index < -0.39 is 0 Å². The van der Waals surface area contributed by atoms with Gasteiger partial charge in [0, 0.05) is 18.8 Å². The lowest BCUT2D eigenvalue weighted by Gasteiger charge is -2.26. The van der Waals surface area contributed by atoms with Crippen LogP contribution < -0.4 is 10.6 Å². The fourth-order valence-corrected chi connectivity index (χ4v) is 2.11. The van der Waals surface area contributed by atoms with Crippen LogP contribution in [0.15, 0.2) is 12.3 Å². The highest BCUT2D eigenvalue weighted by molar-refractivity contribution is 5.39. The van der Waals surface area contributed by atoms with E-state index in [2.05, 4.69) is 20.6 Å². The van der Waals surface area contributed by atoms with Crippen LogP contribution in [0.25, 0.3) is 0 Å². The van der Waals surface area contributed by atoms with Gasteiger partial charge in [0.25, 0.3) is 0 Å². The third-order valence-corrected chi connectivity index (χ3v) is 3.10. The van der Waals surface area contributed by atoms with Gasteiger partial charge in [-0.05, 0) is 31.7 Å². The standard InChI is InChI=1S/C12H20N4O2/c17-8-7-13-11-5-6-14-12(16-11)15-9-1-3-10(18)4-2-9/h5-6,9-10,17-18H,1-4,7-8H2,(H2,13,14,15,16)/t9-,10-. The molecule has 0 atom stereocenters. The summed E-state index contributed by atoms with van der Waals surface area (Å²) in [5, 5.41) is 24.5. The number of hydrogen-bond donors (Lipinski definition) is 4. The number of nitrogens with zero attached hydrogens (tertiary/aromatic N) is 2. The van der Waals surface area contributed by atoms with Crippen LogP contribution in [-0.2, 0) is 0 Å². The molecule has 0 aromatic carbocycles. The Balaban J connectivity index is 1.88. The third kappa shape index (κ3) is 3.82. The summed E-state index contributed by atoms with van der Waals surface area (Å²) in [4.78, 5) is 8.49. The summed E-state index contributed by atoms with van der Waals surface area (Å²) in [6.07, 6.45) is 5.09. The van der Waals surface area contributed by atoms with Crippen LogP contribution in [0.5, 0.6) is 0 Å². The molecule has 1 fully saturated rings. The van der Waals surface area contributed by atoms with Gasteiger partial charge in [-0.2, -0.15) is 4.98 Å². The van der Waals surface area contributed by atoms with E-state index in [9.17, 15) is 5.11 Å². The Bertz CT molecular complexity index is 367. The first-order valence-corrected chi connectivity index (χ1v) is 6.40. The number of anilines is 2. The molecule has 18 heavy (non-hydrogen) atoms. The zero-order chi connectivity index (χ0) is 12.8. The number of aliphatic hydroxyl groups excluding tert-OH is 2. The summed E-state index contributed by atoms with van der Waals surface area (Å²) in [6, 6.07) is 2.10. The molecule has 2 rings (SSSR count). The topological polar surface area (TPSA) is 90.3 Å². The van der Waals surface area contributed by atoms with Gasteiger partial charge < -0.3 is 20.8 Å². The lowest BCUT2D eigenvalue weighted by molar-refractivity contribution is 0.126. The van der Waals surface area contributed by atoms with E-state index in [-0.39, 0.29) is 12.7 Å². The Morgan fingerprint density at radius 3 is 2.78 bits per heavy atom. The zero-order valence-electron chi connectivity index (χ0n) is 10.3. The normalized spacial score (nSPS) is 23.7. The van der Waals surface area contributed by atoms with Gasteiger partial charge in [-0.3, -0.25) is 0 Å². The van der Waals surface area contributed by atoms with Gasteiger partial charge >= 0.3 is 0 Å². The van der Waals surface area contributed by atoms with E-state index in [1.807, 2.05) is 0 Å². The summed E-state index contributed by atoms with van der Waals surface area (Å²) >= 11 is 0. The van der Waals surface area contributed by atoms with Crippen molar-refractivity contribution < 1.29 is 10.2 Å². The van der Waals surface area contributed by atoms with Crippen molar-refractivity contribution in [1.82, 2.24) is 9.97 Å². The van der Waals surface area contributed by atoms with Gasteiger partial charge in [0.2, 0.25) is 5.95 Å². The molecule has 0 amide bonds. The molecule has 100 valence electrons. The van der Waals surface area contributed by atoms with Crippen molar-refractivity contribution in [3.8, 4) is 0 Å². The Morgan fingerprint density at radius 1 is 1.28 bits per heavy atom. The molecule has 6 nitrogen and oxygen atoms in total. The second-order valence-corrected chi connectivity index (χ2v) is 4.57. The molecule has 4 N–H and O–H groups in total. The van der Waals surface area contributed by atoms with E-state index in [1.54, 1.807) is 12.3 Å². The molecule has 1 aliphatic rings. The zero-order valence-corrected chi connectivity index (χ0v) is 10.3. The van der Waals surface area contributed by atoms with E-state index in [4.69, 9.17) is 5.11 Å². The average molecular weight is 252 g/mol. The SMILES string of the molecule is OCCNc1ccnc(N[C@H]2CC[C@H](O)CC2)n1. The second-order valence-electron chi connectivity index (χ2n) is 4.57. The van der Waals surface area contributed by atoms with Crippen molar-refractivity contribution in [3.63, 3.8) is 0 Å². The first-order chi connectivity index (χ1) is 8.78. The van der Waals surface area contributed by atoms with Crippen LogP contribution in [-0.4, -0.2) is 45.5 Å². The smallest absolute Gasteiger partial charge is 0.224 e. The van der Waals surface area contributed by atoms with Crippen LogP contribution >= 0.6 is 0 Å². The summed E-state index contributed by atoms with van der Waals surface area (Å²) in [7, 11) is 0. The Kier molecular flexibility index (Phi) is 4.72. The number of hydrogen-bond acceptors (Lipinski definition) is 6. The van der Waals surface area contributed by atoms with E-state index >= 15 is 0 Å². The van der Waals surface area contributed by atoms with Gasteiger partial charge in [-0.25, -0.2) is 4.98 Å². The molecule has 1 saturated carbocycles. The van der Waals surface area contributed by atoms with Gasteiger partial charge in [0.1, 0.15) is 5.82 Å². The Labute approximate surface area is 106 Å². The highest BCUT2D eigenvalue weighted by Crippen LogP contribution is 2.21. The van der Waals surface area contributed by atoms with Crippen LogP contribution in [0.3, 0.4) is 0 Å². The largest absolute Gasteiger partial charge is 0.395 e. The molecule has 6 heteroatoms. The van der Waals surface area contributed by atoms with Crippen molar-refractivity contribution in [3.05, 3.63) is 12.3 Å². The van der Waals surface area contributed by atoms with Crippen LogP contribution in [0, 0.1) is 0 Å². The van der Waals surface area contributed by atoms with Crippen molar-refractivity contribution in [1.29, 1.82) is 0 Å². The Morgan fingerprint density at radius 2 is 2.06 bits per heavy atom. The summed E-state index contributed by atoms with van der Waals surface area (Å²) in [5.41, 5.74) is 0. The minimum absolute atomic E-state index is 0.0767. The lowest BCUT2D eigenvalue weighted by Crippen LogP contribution is -2.29. The van der Waals surface area contributed by atoms with Gasteiger partial charge in [-0.15, -0.1) is 0 Å². The molecule has 1 aliphatic carbocycles. The molecule has 1 aromatic rings. The number of aliphatic hydroxyl groups is 2. The second kappa shape index (κ2) is 6.51. The van der Waals surface area contributed by atoms with Crippen molar-refractivity contribution in [2.24, 2.45) is 0 Å². The summed E-state index contributed by atoms with van der Waals surface area (Å²) < 4.78 is 0. The van der Waals surface area contributed by atoms with E-state index in [0.29, 0.717) is 24.4 Å². The van der Waals surface area contributed by atoms with Gasteiger partial charge in [0.15, 0.2) is 0 Å². The fourth-order valence-electron chi connectivity index (χ4n) is 2.11. The molecule has 0 bridgehead atoms. The molecule has 0 radical (unpaired) electrons. The monoisotopic (exact) mass is 252 g/mol. The first-order valence-electron chi connectivity index (χ1n) is 6.40. The molecule has 0 aliphatic heterocycles. The predicted octanol–water partition coefficient (Wildman–Crippen LogP) is 0.596. The Hall–Kier alpha value is -1.40. The first kappa shape index (κ1) is 13.0. The average Bonchev–Trinajstić information content (AvgIpc) is 2.40. The van der Waals surface area contributed by atoms with Gasteiger partial charge in [-0.1, -0.05) is 0 Å². The molecular formula is C12H20N4O2. The number of nitrogens with one attached hydrogen (secondary N) is 2. The molecule has 0 unspecified atom stereocenters.